The Morgan fingerprint density at radius 2 is 2.17 bits per heavy atom. The van der Waals surface area contributed by atoms with Crippen LogP contribution in [0.1, 0.15) is 5.69 Å². The number of ether oxygens (including phenoxy) is 1. The summed E-state index contributed by atoms with van der Waals surface area (Å²) in [5.74, 6) is -1.78. The Kier molecular flexibility index (Phi) is 5.07. The number of aromatic nitrogens is 1. The van der Waals surface area contributed by atoms with Gasteiger partial charge in [0.2, 0.25) is 5.75 Å². The van der Waals surface area contributed by atoms with E-state index in [9.17, 15) is 19.3 Å². The lowest BCUT2D eigenvalue weighted by Crippen LogP contribution is -2.20. The average molecular weight is 340 g/mol. The minimum Gasteiger partial charge on any atom is -0.476 e. The molecule has 2 aromatic rings. The van der Waals surface area contributed by atoms with Crippen molar-refractivity contribution in [2.24, 2.45) is 0 Å². The van der Waals surface area contributed by atoms with Crippen LogP contribution in [0.5, 0.6) is 5.75 Å². The quantitative estimate of drug-likeness (QED) is 0.667. The molecule has 9 heteroatoms. The number of anilines is 1. The Bertz CT molecular complexity index is 770. The van der Waals surface area contributed by atoms with Gasteiger partial charge in [-0.25, -0.2) is 4.39 Å². The highest BCUT2D eigenvalue weighted by atomic mass is 35.5. The van der Waals surface area contributed by atoms with Crippen molar-refractivity contribution in [3.05, 3.63) is 57.0 Å². The van der Waals surface area contributed by atoms with E-state index >= 15 is 0 Å². The number of carbonyl (C=O) groups is 1. The molecule has 23 heavy (non-hydrogen) atoms. The first-order chi connectivity index (χ1) is 10.9. The van der Waals surface area contributed by atoms with Gasteiger partial charge in [0.05, 0.1) is 5.02 Å². The largest absolute Gasteiger partial charge is 0.476 e. The van der Waals surface area contributed by atoms with Crippen molar-refractivity contribution in [1.29, 1.82) is 0 Å². The second kappa shape index (κ2) is 7.01. The number of nitro groups is 1. The maximum atomic E-state index is 13.0. The van der Waals surface area contributed by atoms with Gasteiger partial charge in [0.25, 0.3) is 5.91 Å². The fourth-order valence-electron chi connectivity index (χ4n) is 1.69. The normalized spacial score (nSPS) is 10.2. The zero-order valence-electron chi connectivity index (χ0n) is 11.9. The van der Waals surface area contributed by atoms with Gasteiger partial charge in [-0.05, 0) is 40.2 Å². The number of halogens is 2. The van der Waals surface area contributed by atoms with Crippen LogP contribution in [0.15, 0.2) is 30.3 Å². The van der Waals surface area contributed by atoms with Crippen LogP contribution in [-0.4, -0.2) is 22.4 Å². The topological polar surface area (TPSA) is 94.4 Å². The Labute approximate surface area is 135 Å². The number of nitrogens with one attached hydrogen (secondary N) is 1. The van der Waals surface area contributed by atoms with Crippen LogP contribution in [0.4, 0.5) is 15.9 Å². The second-order valence-electron chi connectivity index (χ2n) is 4.50. The molecule has 2 rings (SSSR count). The molecule has 7 nitrogen and oxygen atoms in total. The molecule has 0 aliphatic heterocycles. The van der Waals surface area contributed by atoms with Crippen LogP contribution in [-0.2, 0) is 4.79 Å². The maximum Gasteiger partial charge on any atom is 0.406 e. The van der Waals surface area contributed by atoms with E-state index in [-0.39, 0.29) is 16.5 Å². The molecule has 1 amide bonds. The molecule has 0 aliphatic carbocycles. The highest BCUT2D eigenvalue weighted by Crippen LogP contribution is 2.24. The number of aryl methyl sites for hydroxylation is 1. The molecule has 1 heterocycles. The van der Waals surface area contributed by atoms with E-state index in [4.69, 9.17) is 16.3 Å². The van der Waals surface area contributed by atoms with Crippen molar-refractivity contribution in [2.75, 3.05) is 11.9 Å². The number of pyridine rings is 1. The van der Waals surface area contributed by atoms with Gasteiger partial charge in [0.1, 0.15) is 11.5 Å². The number of rotatable bonds is 5. The number of nitrogens with zero attached hydrogens (tertiary/aromatic N) is 2. The number of benzene rings is 1. The van der Waals surface area contributed by atoms with Crippen LogP contribution in [0.25, 0.3) is 0 Å². The van der Waals surface area contributed by atoms with Gasteiger partial charge in [-0.3, -0.25) is 4.79 Å². The van der Waals surface area contributed by atoms with Gasteiger partial charge >= 0.3 is 5.82 Å². The fourth-order valence-corrected chi connectivity index (χ4v) is 1.87. The molecule has 0 saturated heterocycles. The van der Waals surface area contributed by atoms with Crippen LogP contribution >= 0.6 is 11.6 Å². The number of amides is 1. The lowest BCUT2D eigenvalue weighted by molar-refractivity contribution is -0.390. The van der Waals surface area contributed by atoms with Crippen molar-refractivity contribution >= 4 is 29.0 Å². The number of carbonyl (C=O) groups excluding carboxylic acids is 1. The summed E-state index contributed by atoms with van der Waals surface area (Å²) in [7, 11) is 0. The summed E-state index contributed by atoms with van der Waals surface area (Å²) in [5.41, 5.74) is 0.732. The Hall–Kier alpha value is -2.74. The van der Waals surface area contributed by atoms with Crippen LogP contribution < -0.4 is 10.1 Å². The minimum absolute atomic E-state index is 0.118. The zero-order valence-corrected chi connectivity index (χ0v) is 12.6. The van der Waals surface area contributed by atoms with Crippen LogP contribution in [0, 0.1) is 22.9 Å². The molecule has 0 radical (unpaired) electrons. The standard InChI is InChI=1S/C14H11ClFN3O4/c1-8-2-5-12(14(17-8)19(21)22)23-7-13(20)18-9-3-4-11(16)10(15)6-9/h2-6H,7H2,1H3,(H,18,20). The third-order valence-corrected chi connectivity index (χ3v) is 3.00. The Balaban J connectivity index is 2.02. The van der Waals surface area contributed by atoms with E-state index in [0.717, 1.165) is 6.07 Å². The predicted molar refractivity (Wildman–Crippen MR) is 81.2 cm³/mol. The third kappa shape index (κ3) is 4.36. The molecule has 1 aromatic heterocycles. The van der Waals surface area contributed by atoms with Crippen LogP contribution in [0.3, 0.4) is 0 Å². The summed E-state index contributed by atoms with van der Waals surface area (Å²) < 4.78 is 18.1. The van der Waals surface area contributed by atoms with Crippen molar-refractivity contribution in [3.63, 3.8) is 0 Å². The first-order valence-electron chi connectivity index (χ1n) is 6.36. The SMILES string of the molecule is Cc1ccc(OCC(=O)Nc2ccc(F)c(Cl)c2)c([N+](=O)[O-])n1. The van der Waals surface area contributed by atoms with Gasteiger partial charge in [-0.2, -0.15) is 0 Å². The molecular weight excluding hydrogens is 329 g/mol. The molecule has 0 saturated carbocycles. The predicted octanol–water partition coefficient (Wildman–Crippen LogP) is 3.11. The monoisotopic (exact) mass is 339 g/mol. The van der Waals surface area contributed by atoms with Crippen molar-refractivity contribution < 1.29 is 18.8 Å². The highest BCUT2D eigenvalue weighted by Gasteiger charge is 2.18. The highest BCUT2D eigenvalue weighted by molar-refractivity contribution is 6.31. The molecule has 1 N–H and O–H groups in total. The fraction of sp³-hybridized carbons (Fsp3) is 0.143. The number of hydrogen-bond acceptors (Lipinski definition) is 5. The van der Waals surface area contributed by atoms with Gasteiger partial charge in [0.15, 0.2) is 6.61 Å². The third-order valence-electron chi connectivity index (χ3n) is 2.71. The van der Waals surface area contributed by atoms with Gasteiger partial charge in [-0.15, -0.1) is 0 Å². The molecule has 0 bridgehead atoms. The summed E-state index contributed by atoms with van der Waals surface area (Å²) in [4.78, 5) is 25.7. The minimum atomic E-state index is -0.694. The zero-order chi connectivity index (χ0) is 17.0. The molecule has 120 valence electrons. The molecule has 0 aliphatic rings. The molecule has 0 atom stereocenters. The van der Waals surface area contributed by atoms with Gasteiger partial charge < -0.3 is 20.2 Å². The molecular formula is C14H11ClFN3O4. The maximum absolute atomic E-state index is 13.0. The van der Waals surface area contributed by atoms with E-state index in [1.54, 1.807) is 6.92 Å². The summed E-state index contributed by atoms with van der Waals surface area (Å²) >= 11 is 5.60. The van der Waals surface area contributed by atoms with E-state index in [0.29, 0.717) is 5.69 Å². The van der Waals surface area contributed by atoms with E-state index < -0.39 is 29.1 Å². The molecule has 0 spiro atoms. The van der Waals surface area contributed by atoms with Crippen molar-refractivity contribution in [1.82, 2.24) is 4.98 Å². The van der Waals surface area contributed by atoms with Crippen LogP contribution in [0.2, 0.25) is 5.02 Å². The second-order valence-corrected chi connectivity index (χ2v) is 4.90. The van der Waals surface area contributed by atoms with Gasteiger partial charge in [0, 0.05) is 12.6 Å². The van der Waals surface area contributed by atoms with E-state index in [2.05, 4.69) is 10.3 Å². The summed E-state index contributed by atoms with van der Waals surface area (Å²) in [5, 5.41) is 13.2. The Morgan fingerprint density at radius 3 is 2.83 bits per heavy atom. The van der Waals surface area contributed by atoms with E-state index in [1.807, 2.05) is 0 Å². The lowest BCUT2D eigenvalue weighted by atomic mass is 10.3. The first-order valence-corrected chi connectivity index (χ1v) is 6.74. The van der Waals surface area contributed by atoms with E-state index in [1.165, 1.54) is 24.3 Å². The van der Waals surface area contributed by atoms with Crippen molar-refractivity contribution in [2.45, 2.75) is 6.92 Å². The molecule has 0 unspecified atom stereocenters. The summed E-state index contributed by atoms with van der Waals surface area (Å²) in [6.45, 7) is 1.13. The molecule has 1 aromatic carbocycles. The average Bonchev–Trinajstić information content (AvgIpc) is 2.49. The van der Waals surface area contributed by atoms with Gasteiger partial charge in [-0.1, -0.05) is 11.6 Å². The first kappa shape index (κ1) is 16.6. The van der Waals surface area contributed by atoms with Crippen molar-refractivity contribution in [3.8, 4) is 5.75 Å². The summed E-state index contributed by atoms with van der Waals surface area (Å²) in [6, 6.07) is 6.57. The number of hydrogen-bond donors (Lipinski definition) is 1. The Morgan fingerprint density at radius 1 is 1.43 bits per heavy atom. The lowest BCUT2D eigenvalue weighted by Gasteiger charge is -2.08. The smallest absolute Gasteiger partial charge is 0.406 e. The molecule has 0 fully saturated rings. The summed E-state index contributed by atoms with van der Waals surface area (Å²) in [6.07, 6.45) is 0.